The van der Waals surface area contributed by atoms with E-state index in [4.69, 9.17) is 11.0 Å². The third kappa shape index (κ3) is 2.89. The fourth-order valence-corrected chi connectivity index (χ4v) is 2.23. The molecule has 0 aliphatic carbocycles. The van der Waals surface area contributed by atoms with E-state index in [2.05, 4.69) is 42.0 Å². The molecule has 0 saturated heterocycles. The number of nitrogens with zero attached hydrogens (tertiary/aromatic N) is 3. The van der Waals surface area contributed by atoms with E-state index in [-0.39, 0.29) is 5.82 Å². The second-order valence-electron chi connectivity index (χ2n) is 4.77. The van der Waals surface area contributed by atoms with Gasteiger partial charge in [0.05, 0.1) is 5.69 Å². The molecular weight excluding hydrogens is 236 g/mol. The van der Waals surface area contributed by atoms with Gasteiger partial charge in [0.15, 0.2) is 0 Å². The first-order chi connectivity index (χ1) is 8.99. The molecule has 1 aromatic heterocycles. The molecule has 0 bridgehead atoms. The summed E-state index contributed by atoms with van der Waals surface area (Å²) in [6, 6.07) is 8.37. The van der Waals surface area contributed by atoms with Crippen molar-refractivity contribution in [3.8, 4) is 6.07 Å². The van der Waals surface area contributed by atoms with Crippen LogP contribution < -0.4 is 5.73 Å². The van der Waals surface area contributed by atoms with Gasteiger partial charge in [-0.25, -0.2) is 9.97 Å². The summed E-state index contributed by atoms with van der Waals surface area (Å²) < 4.78 is 0. The highest BCUT2D eigenvalue weighted by Gasteiger charge is 2.09. The van der Waals surface area contributed by atoms with E-state index >= 15 is 0 Å². The lowest BCUT2D eigenvalue weighted by Crippen LogP contribution is -2.06. The molecule has 0 amide bonds. The first-order valence-electron chi connectivity index (χ1n) is 6.10. The second kappa shape index (κ2) is 5.07. The van der Waals surface area contributed by atoms with Gasteiger partial charge in [-0.2, -0.15) is 5.26 Å². The number of anilines is 1. The predicted octanol–water partition coefficient (Wildman–Crippen LogP) is 2.45. The molecule has 0 radical (unpaired) electrons. The molecule has 0 fully saturated rings. The Morgan fingerprint density at radius 1 is 1.11 bits per heavy atom. The Kier molecular flexibility index (Phi) is 3.48. The smallest absolute Gasteiger partial charge is 0.145 e. The maximum absolute atomic E-state index is 8.94. The van der Waals surface area contributed by atoms with Crippen molar-refractivity contribution in [3.05, 3.63) is 52.0 Å². The zero-order valence-corrected chi connectivity index (χ0v) is 11.4. The minimum atomic E-state index is 0.259. The molecule has 0 atom stereocenters. The van der Waals surface area contributed by atoms with Crippen LogP contribution in [0.4, 0.5) is 5.82 Å². The Morgan fingerprint density at radius 2 is 1.74 bits per heavy atom. The number of benzene rings is 1. The van der Waals surface area contributed by atoms with Gasteiger partial charge in [-0.3, -0.25) is 0 Å². The summed E-state index contributed by atoms with van der Waals surface area (Å²) in [6.45, 7) is 5.91. The predicted molar refractivity (Wildman–Crippen MR) is 74.6 cm³/mol. The zero-order chi connectivity index (χ0) is 14.0. The number of nitrogens with two attached hydrogens (primary N) is 1. The highest BCUT2D eigenvalue weighted by Crippen LogP contribution is 2.15. The van der Waals surface area contributed by atoms with Crippen LogP contribution >= 0.6 is 0 Å². The van der Waals surface area contributed by atoms with Gasteiger partial charge in [0, 0.05) is 6.42 Å². The molecule has 1 aromatic carbocycles. The van der Waals surface area contributed by atoms with Crippen LogP contribution in [0.15, 0.2) is 18.2 Å². The first kappa shape index (κ1) is 13.0. The molecule has 0 aliphatic heterocycles. The van der Waals surface area contributed by atoms with Crippen molar-refractivity contribution in [2.45, 2.75) is 27.2 Å². The van der Waals surface area contributed by atoms with Crippen LogP contribution in [0.3, 0.4) is 0 Å². The molecule has 0 unspecified atom stereocenters. The molecule has 96 valence electrons. The lowest BCUT2D eigenvalue weighted by atomic mass is 10.0. The van der Waals surface area contributed by atoms with Gasteiger partial charge in [0.2, 0.25) is 0 Å². The van der Waals surface area contributed by atoms with E-state index in [0.29, 0.717) is 23.5 Å². The van der Waals surface area contributed by atoms with Crippen LogP contribution in [0.1, 0.15) is 33.8 Å². The minimum absolute atomic E-state index is 0.259. The molecule has 2 rings (SSSR count). The fourth-order valence-electron chi connectivity index (χ4n) is 2.23. The van der Waals surface area contributed by atoms with Crippen LogP contribution in [-0.2, 0) is 6.42 Å². The third-order valence-electron chi connectivity index (χ3n) is 2.92. The Bertz CT molecular complexity index is 625. The Labute approximate surface area is 112 Å². The second-order valence-corrected chi connectivity index (χ2v) is 4.77. The van der Waals surface area contributed by atoms with Crippen LogP contribution in [0, 0.1) is 32.1 Å². The summed E-state index contributed by atoms with van der Waals surface area (Å²) in [5.41, 5.74) is 10.4. The zero-order valence-electron chi connectivity index (χ0n) is 11.4. The van der Waals surface area contributed by atoms with Gasteiger partial charge >= 0.3 is 0 Å². The molecule has 2 aromatic rings. The van der Waals surface area contributed by atoms with Gasteiger partial charge in [0.25, 0.3) is 0 Å². The van der Waals surface area contributed by atoms with E-state index in [9.17, 15) is 0 Å². The van der Waals surface area contributed by atoms with Gasteiger partial charge in [0.1, 0.15) is 23.3 Å². The number of aryl methyl sites for hydroxylation is 3. The van der Waals surface area contributed by atoms with E-state index in [1.54, 1.807) is 6.92 Å². The van der Waals surface area contributed by atoms with E-state index < -0.39 is 0 Å². The first-order valence-corrected chi connectivity index (χ1v) is 6.10. The van der Waals surface area contributed by atoms with Gasteiger partial charge in [-0.1, -0.05) is 29.3 Å². The molecule has 19 heavy (non-hydrogen) atoms. The summed E-state index contributed by atoms with van der Waals surface area (Å²) in [5, 5.41) is 8.94. The van der Waals surface area contributed by atoms with Crippen molar-refractivity contribution in [2.24, 2.45) is 0 Å². The molecule has 2 N–H and O–H groups in total. The van der Waals surface area contributed by atoms with Gasteiger partial charge in [-0.15, -0.1) is 0 Å². The van der Waals surface area contributed by atoms with Crippen LogP contribution in [0.25, 0.3) is 0 Å². The Hall–Kier alpha value is -2.41. The molecule has 4 nitrogen and oxygen atoms in total. The maximum atomic E-state index is 8.94. The highest BCUT2D eigenvalue weighted by atomic mass is 14.9. The monoisotopic (exact) mass is 252 g/mol. The van der Waals surface area contributed by atoms with Crippen LogP contribution in [0.2, 0.25) is 0 Å². The minimum Gasteiger partial charge on any atom is -0.382 e. The van der Waals surface area contributed by atoms with E-state index in [1.807, 2.05) is 6.07 Å². The largest absolute Gasteiger partial charge is 0.382 e. The molecule has 1 heterocycles. The Balaban J connectivity index is 2.37. The maximum Gasteiger partial charge on any atom is 0.145 e. The number of hydrogen-bond acceptors (Lipinski definition) is 4. The standard InChI is InChI=1S/C15H16N4/c1-9-4-10(2)6-12(5-9)7-14-18-11(3)13(8-16)15(17)19-14/h4-6H,7H2,1-3H3,(H2,17,18,19). The van der Waals surface area contributed by atoms with Crippen molar-refractivity contribution in [1.29, 1.82) is 5.26 Å². The lowest BCUT2D eigenvalue weighted by Gasteiger charge is -2.07. The van der Waals surface area contributed by atoms with Crippen molar-refractivity contribution >= 4 is 5.82 Å². The van der Waals surface area contributed by atoms with E-state index in [0.717, 1.165) is 5.56 Å². The van der Waals surface area contributed by atoms with Crippen LogP contribution in [-0.4, -0.2) is 9.97 Å². The summed E-state index contributed by atoms with van der Waals surface area (Å²) >= 11 is 0. The fraction of sp³-hybridized carbons (Fsp3) is 0.267. The molecule has 0 aliphatic rings. The summed E-state index contributed by atoms with van der Waals surface area (Å²) in [5.74, 6) is 0.911. The highest BCUT2D eigenvalue weighted by molar-refractivity contribution is 5.50. The molecule has 0 spiro atoms. The van der Waals surface area contributed by atoms with Crippen molar-refractivity contribution in [2.75, 3.05) is 5.73 Å². The topological polar surface area (TPSA) is 75.6 Å². The van der Waals surface area contributed by atoms with Crippen LogP contribution in [0.5, 0.6) is 0 Å². The molecule has 4 heteroatoms. The van der Waals surface area contributed by atoms with Gasteiger partial charge in [-0.05, 0) is 26.3 Å². The summed E-state index contributed by atoms with van der Waals surface area (Å²) in [6.07, 6.45) is 0.624. The number of hydrogen-bond donors (Lipinski definition) is 1. The normalized spacial score (nSPS) is 10.2. The number of nitrogen functional groups attached to an aromatic ring is 1. The average Bonchev–Trinajstić information content (AvgIpc) is 2.26. The quantitative estimate of drug-likeness (QED) is 0.890. The lowest BCUT2D eigenvalue weighted by molar-refractivity contribution is 0.940. The molecule has 0 saturated carbocycles. The summed E-state index contributed by atoms with van der Waals surface area (Å²) in [7, 11) is 0. The number of aromatic nitrogens is 2. The van der Waals surface area contributed by atoms with Crippen molar-refractivity contribution in [1.82, 2.24) is 9.97 Å². The Morgan fingerprint density at radius 3 is 2.26 bits per heavy atom. The summed E-state index contributed by atoms with van der Waals surface area (Å²) in [4.78, 5) is 8.55. The van der Waals surface area contributed by atoms with Gasteiger partial charge < -0.3 is 5.73 Å². The van der Waals surface area contributed by atoms with Crippen molar-refractivity contribution < 1.29 is 0 Å². The molecular formula is C15H16N4. The SMILES string of the molecule is Cc1cc(C)cc(Cc2nc(C)c(C#N)c(N)n2)c1. The number of nitriles is 1. The average molecular weight is 252 g/mol. The van der Waals surface area contributed by atoms with Crippen molar-refractivity contribution in [3.63, 3.8) is 0 Å². The third-order valence-corrected chi connectivity index (χ3v) is 2.92. The van der Waals surface area contributed by atoms with E-state index in [1.165, 1.54) is 11.1 Å². The number of rotatable bonds is 2.